The molecule has 0 saturated carbocycles. The molecule has 8 heteroatoms. The zero-order valence-electron chi connectivity index (χ0n) is 61.3. The molecule has 22 rings (SSSR count). The summed E-state index contributed by atoms with van der Waals surface area (Å²) in [6.07, 6.45) is 0. The highest BCUT2D eigenvalue weighted by Crippen LogP contribution is 2.65. The fraction of sp³-hybridized carbons (Fsp3) is 0.0189. The van der Waals surface area contributed by atoms with E-state index in [9.17, 15) is 10.5 Å². The molecule has 0 N–H and O–H groups in total. The van der Waals surface area contributed by atoms with Gasteiger partial charge in [0.2, 0.25) is 0 Å². The maximum absolute atomic E-state index is 10.3. The van der Waals surface area contributed by atoms with Crippen molar-refractivity contribution in [1.29, 1.82) is 10.5 Å². The summed E-state index contributed by atoms with van der Waals surface area (Å²) in [5.74, 6) is 4.40. The van der Waals surface area contributed by atoms with Gasteiger partial charge in [0.25, 0.3) is 0 Å². The minimum atomic E-state index is -0.787. The van der Waals surface area contributed by atoms with Crippen LogP contribution in [0.1, 0.15) is 55.6 Å². The molecule has 2 unspecified atom stereocenters. The van der Waals surface area contributed by atoms with Crippen molar-refractivity contribution in [1.82, 2.24) is 19.9 Å². The molecule has 8 nitrogen and oxygen atoms in total. The van der Waals surface area contributed by atoms with Crippen LogP contribution < -0.4 is 9.47 Å². The molecule has 2 spiro atoms. The van der Waals surface area contributed by atoms with E-state index in [0.29, 0.717) is 22.8 Å². The summed E-state index contributed by atoms with van der Waals surface area (Å²) in [6, 6.07) is 137. The van der Waals surface area contributed by atoms with E-state index in [1.807, 2.05) is 78.9 Å². The Balaban J connectivity index is 0.608. The predicted octanol–water partition coefficient (Wildman–Crippen LogP) is 25.8. The van der Waals surface area contributed by atoms with Gasteiger partial charge in [-0.15, -0.1) is 0 Å². The molecule has 0 bridgehead atoms. The Morgan fingerprint density at radius 3 is 1.12 bits per heavy atom. The first-order chi connectivity index (χ1) is 56.3. The molecule has 0 fully saturated rings. The van der Waals surface area contributed by atoms with Crippen LogP contribution in [0.25, 0.3) is 145 Å². The zero-order valence-corrected chi connectivity index (χ0v) is 61.3. The third-order valence-corrected chi connectivity index (χ3v) is 23.6. The van der Waals surface area contributed by atoms with Crippen molar-refractivity contribution in [3.8, 4) is 170 Å². The monoisotopic (exact) mass is 1450 g/mol. The standard InChI is InChI=1S/C106H62N6O2/c107-63-65-34-37-69(38-35-65)79-52-53-80(82-25-8-7-24-81(79)82)76-49-55-102-94(59-76)106(90-31-14-16-33-100(90)114-102)88-29-12-10-27-84(88)86-51-48-78(60-92(86)106)98-61-95(70-18-3-1-4-19-70)109-104(112-98)73-45-41-67(42-46-73)74-22-17-23-77(57-74)97-62-96(110-103(111-97)72-20-5-2-6-21-72)71-43-39-68(40-44-71)75-47-50-85-83-26-9-11-28-87(83)105(91(85)58-75)89-30-13-15-32-99(89)113-101-54-36-66(64-108)56-93(101)105/h1-62H. The fourth-order valence-electron chi connectivity index (χ4n) is 18.3. The van der Waals surface area contributed by atoms with Gasteiger partial charge in [0.15, 0.2) is 11.6 Å². The van der Waals surface area contributed by atoms with Gasteiger partial charge in [0, 0.05) is 55.6 Å². The minimum Gasteiger partial charge on any atom is -0.457 e. The lowest BCUT2D eigenvalue weighted by molar-refractivity contribution is 0.436. The molecular formula is C106H62N6O2. The molecule has 18 aromatic rings. The number of nitriles is 2. The summed E-state index contributed by atoms with van der Waals surface area (Å²) in [7, 11) is 0. The summed E-state index contributed by atoms with van der Waals surface area (Å²) in [5, 5.41) is 22.2. The topological polar surface area (TPSA) is 118 Å². The Hall–Kier alpha value is -15.5. The molecule has 0 radical (unpaired) electrons. The van der Waals surface area contributed by atoms with Crippen molar-refractivity contribution >= 4 is 10.8 Å². The van der Waals surface area contributed by atoms with Crippen LogP contribution in [0.5, 0.6) is 23.0 Å². The van der Waals surface area contributed by atoms with Crippen LogP contribution in [0, 0.1) is 22.7 Å². The van der Waals surface area contributed by atoms with Crippen molar-refractivity contribution in [3.05, 3.63) is 432 Å². The number of aromatic nitrogens is 4. The SMILES string of the molecule is N#Cc1ccc(-c2ccc(-c3ccc4c(c3)C3(c5ccccc5O4)c4ccccc4-c4ccc(-c5cc(-c6ccccc6)nc(-c6ccc(-c7cccc(-c8cc(-c9ccc(-c%10ccc%11c(c%10)C%10(c%12ccccc%12Oc%12ccc(C#N)cc%12%10)c%10ccccc%10-%11)cc9)nc(-c9ccccc9)n8)c7)cc6)n5)cc43)c3ccccc23)cc1. The smallest absolute Gasteiger partial charge is 0.160 e. The number of benzene rings is 16. The van der Waals surface area contributed by atoms with E-state index < -0.39 is 10.8 Å². The lowest BCUT2D eigenvalue weighted by Gasteiger charge is -2.39. The Labute approximate surface area is 658 Å². The molecule has 4 aliphatic rings. The first-order valence-corrected chi connectivity index (χ1v) is 38.3. The highest BCUT2D eigenvalue weighted by atomic mass is 16.5. The summed E-state index contributed by atoms with van der Waals surface area (Å²) < 4.78 is 13.7. The van der Waals surface area contributed by atoms with Crippen molar-refractivity contribution in [2.45, 2.75) is 10.8 Å². The predicted molar refractivity (Wildman–Crippen MR) is 454 cm³/mol. The first-order valence-electron chi connectivity index (χ1n) is 38.3. The number of ether oxygens (including phenoxy) is 2. The average molecular weight is 1450 g/mol. The van der Waals surface area contributed by atoms with Gasteiger partial charge in [-0.3, -0.25) is 0 Å². The maximum Gasteiger partial charge on any atom is 0.160 e. The lowest BCUT2D eigenvalue weighted by Crippen LogP contribution is -2.32. The van der Waals surface area contributed by atoms with Gasteiger partial charge in [-0.25, -0.2) is 19.9 Å². The second-order valence-corrected chi connectivity index (χ2v) is 29.6. The Morgan fingerprint density at radius 2 is 0.544 bits per heavy atom. The van der Waals surface area contributed by atoms with Crippen molar-refractivity contribution in [2.75, 3.05) is 0 Å². The highest BCUT2D eigenvalue weighted by molar-refractivity contribution is 6.06. The molecule has 2 aromatic heterocycles. The maximum atomic E-state index is 10.3. The molecule has 0 saturated heterocycles. The van der Waals surface area contributed by atoms with Crippen LogP contribution in [-0.4, -0.2) is 19.9 Å². The van der Waals surface area contributed by atoms with Gasteiger partial charge in [0.1, 0.15) is 23.0 Å². The second kappa shape index (κ2) is 26.1. The Bertz CT molecular complexity index is 7120. The van der Waals surface area contributed by atoms with Crippen LogP contribution in [0.15, 0.2) is 376 Å². The minimum absolute atomic E-state index is 0.583. The van der Waals surface area contributed by atoms with Gasteiger partial charge in [0.05, 0.1) is 56.9 Å². The van der Waals surface area contributed by atoms with Crippen LogP contribution >= 0.6 is 0 Å². The zero-order chi connectivity index (χ0) is 75.6. The van der Waals surface area contributed by atoms with E-state index in [1.54, 1.807) is 0 Å². The Kier molecular flexibility index (Phi) is 15.0. The van der Waals surface area contributed by atoms with Crippen LogP contribution in [-0.2, 0) is 10.8 Å². The van der Waals surface area contributed by atoms with Gasteiger partial charge in [-0.05, 0) is 185 Å². The van der Waals surface area contributed by atoms with E-state index in [2.05, 4.69) is 309 Å². The Morgan fingerprint density at radius 1 is 0.202 bits per heavy atom. The van der Waals surface area contributed by atoms with Gasteiger partial charge >= 0.3 is 0 Å². The number of fused-ring (bicyclic) bond motifs is 19. The van der Waals surface area contributed by atoms with E-state index >= 15 is 0 Å². The van der Waals surface area contributed by atoms with Crippen LogP contribution in [0.3, 0.4) is 0 Å². The second-order valence-electron chi connectivity index (χ2n) is 29.6. The number of hydrogen-bond acceptors (Lipinski definition) is 8. The summed E-state index contributed by atoms with van der Waals surface area (Å²) in [5.41, 5.74) is 30.6. The normalized spacial score (nSPS) is 14.7. The molecule has 2 atom stereocenters. The quantitative estimate of drug-likeness (QED) is 0.133. The molecule has 528 valence electrons. The largest absolute Gasteiger partial charge is 0.457 e. The number of hydrogen-bond donors (Lipinski definition) is 0. The summed E-state index contributed by atoms with van der Waals surface area (Å²) in [6.45, 7) is 0. The third kappa shape index (κ3) is 10.3. The van der Waals surface area contributed by atoms with Crippen molar-refractivity contribution < 1.29 is 9.47 Å². The molecule has 2 aliphatic heterocycles. The molecular weight excluding hydrogens is 1390 g/mol. The van der Waals surface area contributed by atoms with Crippen LogP contribution in [0.2, 0.25) is 0 Å². The van der Waals surface area contributed by atoms with E-state index in [4.69, 9.17) is 29.4 Å². The van der Waals surface area contributed by atoms with E-state index in [0.717, 1.165) is 185 Å². The highest BCUT2D eigenvalue weighted by Gasteiger charge is 2.53. The van der Waals surface area contributed by atoms with Crippen LogP contribution in [0.4, 0.5) is 0 Å². The number of para-hydroxylation sites is 2. The molecule has 16 aromatic carbocycles. The fourth-order valence-corrected chi connectivity index (χ4v) is 18.3. The van der Waals surface area contributed by atoms with Gasteiger partial charge < -0.3 is 9.47 Å². The summed E-state index contributed by atoms with van der Waals surface area (Å²) in [4.78, 5) is 21.5. The molecule has 114 heavy (non-hydrogen) atoms. The number of rotatable bonds is 10. The lowest BCUT2D eigenvalue weighted by atomic mass is 9.65. The summed E-state index contributed by atoms with van der Waals surface area (Å²) >= 11 is 0. The van der Waals surface area contributed by atoms with Crippen molar-refractivity contribution in [3.63, 3.8) is 0 Å². The van der Waals surface area contributed by atoms with E-state index in [-0.39, 0.29) is 0 Å². The molecule has 4 heterocycles. The first kappa shape index (κ1) is 65.6. The number of nitrogens with zero attached hydrogens (tertiary/aromatic N) is 6. The molecule has 2 aliphatic carbocycles. The molecule has 0 amide bonds. The average Bonchev–Trinajstić information content (AvgIpc) is 1.52. The van der Waals surface area contributed by atoms with Gasteiger partial charge in [-0.1, -0.05) is 291 Å². The van der Waals surface area contributed by atoms with Crippen molar-refractivity contribution in [2.24, 2.45) is 0 Å². The third-order valence-electron chi connectivity index (χ3n) is 23.6. The van der Waals surface area contributed by atoms with E-state index in [1.165, 1.54) is 16.7 Å². The van der Waals surface area contributed by atoms with Gasteiger partial charge in [-0.2, -0.15) is 10.5 Å².